The molecule has 0 spiro atoms. The van der Waals surface area contributed by atoms with Crippen molar-refractivity contribution in [3.63, 3.8) is 0 Å². The summed E-state index contributed by atoms with van der Waals surface area (Å²) in [5.41, 5.74) is 1.29. The van der Waals surface area contributed by atoms with Crippen molar-refractivity contribution in [2.24, 2.45) is 0 Å². The smallest absolute Gasteiger partial charge is 0.130 e. The molecule has 0 saturated heterocycles. The monoisotopic (exact) mass is 235 g/mol. The molecule has 2 aromatic heterocycles. The first-order chi connectivity index (χ1) is 7.86. The number of aromatic nitrogens is 2. The predicted octanol–water partition coefficient (Wildman–Crippen LogP) is 2.66. The first kappa shape index (κ1) is 11.4. The molecule has 0 bridgehead atoms. The fourth-order valence-electron chi connectivity index (χ4n) is 1.90. The van der Waals surface area contributed by atoms with Gasteiger partial charge in [0.15, 0.2) is 0 Å². The number of imidazole rings is 1. The van der Waals surface area contributed by atoms with E-state index < -0.39 is 0 Å². The Morgan fingerprint density at radius 2 is 2.44 bits per heavy atom. The highest BCUT2D eigenvalue weighted by Gasteiger charge is 2.17. The molecule has 0 aliphatic rings. The molecule has 2 rings (SSSR count). The molecule has 2 aromatic rings. The summed E-state index contributed by atoms with van der Waals surface area (Å²) in [6.07, 6.45) is 5.06. The number of hydrogen-bond acceptors (Lipinski definition) is 3. The summed E-state index contributed by atoms with van der Waals surface area (Å²) in [6, 6.07) is 2.35. The molecule has 0 aliphatic heterocycles. The van der Waals surface area contributed by atoms with Gasteiger partial charge in [-0.1, -0.05) is 6.92 Å². The molecule has 0 fully saturated rings. The van der Waals surface area contributed by atoms with Crippen molar-refractivity contribution in [3.05, 3.63) is 40.6 Å². The van der Waals surface area contributed by atoms with E-state index in [2.05, 4.69) is 44.8 Å². The predicted molar refractivity (Wildman–Crippen MR) is 67.7 cm³/mol. The Labute approximate surface area is 100 Å². The highest BCUT2D eigenvalue weighted by atomic mass is 32.1. The van der Waals surface area contributed by atoms with Gasteiger partial charge in [-0.05, 0) is 35.9 Å². The van der Waals surface area contributed by atoms with Crippen LogP contribution in [0.2, 0.25) is 0 Å². The molecule has 86 valence electrons. The minimum atomic E-state index is 0.202. The van der Waals surface area contributed by atoms with Gasteiger partial charge >= 0.3 is 0 Å². The van der Waals surface area contributed by atoms with Gasteiger partial charge in [-0.25, -0.2) is 4.98 Å². The minimum absolute atomic E-state index is 0.202. The maximum Gasteiger partial charge on any atom is 0.130 e. The lowest BCUT2D eigenvalue weighted by Gasteiger charge is -2.16. The molecule has 0 aromatic carbocycles. The van der Waals surface area contributed by atoms with Crippen LogP contribution < -0.4 is 5.32 Å². The summed E-state index contributed by atoms with van der Waals surface area (Å²) in [5, 5.41) is 7.61. The van der Waals surface area contributed by atoms with E-state index in [1.54, 1.807) is 11.3 Å². The van der Waals surface area contributed by atoms with Gasteiger partial charge < -0.3 is 9.88 Å². The van der Waals surface area contributed by atoms with Gasteiger partial charge in [0.05, 0.1) is 6.04 Å². The summed E-state index contributed by atoms with van der Waals surface area (Å²) in [5.74, 6) is 1.10. The van der Waals surface area contributed by atoms with E-state index >= 15 is 0 Å². The summed E-state index contributed by atoms with van der Waals surface area (Å²) >= 11 is 1.72. The number of aryl methyl sites for hydroxylation is 1. The quantitative estimate of drug-likeness (QED) is 0.863. The molecular formula is C12H17N3S. The average Bonchev–Trinajstić information content (AvgIpc) is 2.92. The summed E-state index contributed by atoms with van der Waals surface area (Å²) < 4.78 is 2.22. The Morgan fingerprint density at radius 1 is 1.56 bits per heavy atom. The molecule has 1 atom stereocenters. The van der Waals surface area contributed by atoms with Gasteiger partial charge in [0.2, 0.25) is 0 Å². The average molecular weight is 235 g/mol. The van der Waals surface area contributed by atoms with E-state index in [0.29, 0.717) is 0 Å². The molecule has 4 heteroatoms. The molecule has 3 nitrogen and oxygen atoms in total. The van der Waals surface area contributed by atoms with Crippen molar-refractivity contribution in [2.75, 3.05) is 7.05 Å². The van der Waals surface area contributed by atoms with Crippen LogP contribution in [0.3, 0.4) is 0 Å². The lowest BCUT2D eigenvalue weighted by atomic mass is 10.1. The summed E-state index contributed by atoms with van der Waals surface area (Å²) in [4.78, 5) is 4.47. The third kappa shape index (κ3) is 2.18. The van der Waals surface area contributed by atoms with E-state index in [1.807, 2.05) is 13.2 Å². The Hall–Kier alpha value is -1.13. The van der Waals surface area contributed by atoms with Crippen LogP contribution in [0.25, 0.3) is 0 Å². The van der Waals surface area contributed by atoms with Crippen molar-refractivity contribution < 1.29 is 0 Å². The highest BCUT2D eigenvalue weighted by molar-refractivity contribution is 7.08. The van der Waals surface area contributed by atoms with Crippen LogP contribution in [-0.4, -0.2) is 16.6 Å². The largest absolute Gasteiger partial charge is 0.333 e. The van der Waals surface area contributed by atoms with Crippen molar-refractivity contribution in [3.8, 4) is 0 Å². The number of hydrogen-bond donors (Lipinski definition) is 1. The number of rotatable bonds is 5. The number of nitrogens with one attached hydrogen (secondary N) is 1. The van der Waals surface area contributed by atoms with E-state index in [0.717, 1.165) is 18.8 Å². The SMILES string of the molecule is CCCn1ccnc1C(NC)c1ccsc1. The zero-order valence-corrected chi connectivity index (χ0v) is 10.5. The topological polar surface area (TPSA) is 29.9 Å². The Morgan fingerprint density at radius 3 is 3.06 bits per heavy atom. The Kier molecular flexibility index (Phi) is 3.74. The van der Waals surface area contributed by atoms with Crippen LogP contribution in [0.15, 0.2) is 29.2 Å². The second-order valence-electron chi connectivity index (χ2n) is 3.76. The molecule has 0 aliphatic carbocycles. The zero-order chi connectivity index (χ0) is 11.4. The van der Waals surface area contributed by atoms with Crippen molar-refractivity contribution in [1.29, 1.82) is 0 Å². The van der Waals surface area contributed by atoms with E-state index in [-0.39, 0.29) is 6.04 Å². The van der Waals surface area contributed by atoms with Gasteiger partial charge in [-0.15, -0.1) is 0 Å². The Balaban J connectivity index is 2.30. The van der Waals surface area contributed by atoms with Crippen LogP contribution in [0.1, 0.15) is 30.8 Å². The standard InChI is InChI=1S/C12H17N3S/c1-3-6-15-7-5-14-12(15)11(13-2)10-4-8-16-9-10/h4-5,7-9,11,13H,3,6H2,1-2H3. The first-order valence-electron chi connectivity index (χ1n) is 5.57. The van der Waals surface area contributed by atoms with Gasteiger partial charge in [-0.3, -0.25) is 0 Å². The lowest BCUT2D eigenvalue weighted by Crippen LogP contribution is -2.21. The Bertz CT molecular complexity index is 419. The van der Waals surface area contributed by atoms with E-state index in [4.69, 9.17) is 0 Å². The fraction of sp³-hybridized carbons (Fsp3) is 0.417. The van der Waals surface area contributed by atoms with Gasteiger partial charge in [0, 0.05) is 18.9 Å². The van der Waals surface area contributed by atoms with E-state index in [9.17, 15) is 0 Å². The molecule has 0 radical (unpaired) electrons. The van der Waals surface area contributed by atoms with Crippen LogP contribution >= 0.6 is 11.3 Å². The number of nitrogens with zero attached hydrogens (tertiary/aromatic N) is 2. The molecule has 1 N–H and O–H groups in total. The normalized spacial score (nSPS) is 12.9. The van der Waals surface area contributed by atoms with Gasteiger partial charge in [-0.2, -0.15) is 11.3 Å². The second kappa shape index (κ2) is 5.27. The first-order valence-corrected chi connectivity index (χ1v) is 6.51. The summed E-state index contributed by atoms with van der Waals surface area (Å²) in [6.45, 7) is 3.21. The molecule has 1 unspecified atom stereocenters. The lowest BCUT2D eigenvalue weighted by molar-refractivity contribution is 0.569. The van der Waals surface area contributed by atoms with Crippen LogP contribution in [-0.2, 0) is 6.54 Å². The molecular weight excluding hydrogens is 218 g/mol. The molecule has 0 saturated carbocycles. The van der Waals surface area contributed by atoms with Crippen LogP contribution in [0.4, 0.5) is 0 Å². The maximum absolute atomic E-state index is 4.47. The molecule has 16 heavy (non-hydrogen) atoms. The summed E-state index contributed by atoms with van der Waals surface area (Å²) in [7, 11) is 1.98. The molecule has 2 heterocycles. The van der Waals surface area contributed by atoms with Gasteiger partial charge in [0.25, 0.3) is 0 Å². The van der Waals surface area contributed by atoms with E-state index in [1.165, 1.54) is 5.56 Å². The highest BCUT2D eigenvalue weighted by Crippen LogP contribution is 2.22. The van der Waals surface area contributed by atoms with Crippen molar-refractivity contribution in [1.82, 2.24) is 14.9 Å². The molecule has 0 amide bonds. The maximum atomic E-state index is 4.47. The van der Waals surface area contributed by atoms with Gasteiger partial charge in [0.1, 0.15) is 5.82 Å². The fourth-order valence-corrected chi connectivity index (χ4v) is 2.58. The number of thiophene rings is 1. The zero-order valence-electron chi connectivity index (χ0n) is 9.68. The van der Waals surface area contributed by atoms with Crippen LogP contribution in [0, 0.1) is 0 Å². The third-order valence-corrected chi connectivity index (χ3v) is 3.34. The van der Waals surface area contributed by atoms with Crippen molar-refractivity contribution in [2.45, 2.75) is 25.9 Å². The van der Waals surface area contributed by atoms with Crippen molar-refractivity contribution >= 4 is 11.3 Å². The third-order valence-electron chi connectivity index (χ3n) is 2.64. The minimum Gasteiger partial charge on any atom is -0.333 e. The van der Waals surface area contributed by atoms with Crippen LogP contribution in [0.5, 0.6) is 0 Å². The second-order valence-corrected chi connectivity index (χ2v) is 4.54.